The zero-order chi connectivity index (χ0) is 13.5. The SMILES string of the molecule is NC1(Cc2ccc3ccoc3c2)CCC(F)(F)CC1. The molecule has 102 valence electrons. The van der Waals surface area contributed by atoms with Gasteiger partial charge in [-0.15, -0.1) is 0 Å². The topological polar surface area (TPSA) is 39.2 Å². The number of nitrogens with two attached hydrogens (primary N) is 1. The summed E-state index contributed by atoms with van der Waals surface area (Å²) < 4.78 is 31.7. The van der Waals surface area contributed by atoms with Crippen LogP contribution >= 0.6 is 0 Å². The summed E-state index contributed by atoms with van der Waals surface area (Å²) in [6.07, 6.45) is 2.80. The van der Waals surface area contributed by atoms with Crippen molar-refractivity contribution in [2.24, 2.45) is 5.73 Å². The summed E-state index contributed by atoms with van der Waals surface area (Å²) in [5.74, 6) is -2.53. The molecule has 1 fully saturated rings. The number of benzene rings is 1. The number of hydrogen-bond donors (Lipinski definition) is 1. The van der Waals surface area contributed by atoms with E-state index < -0.39 is 11.5 Å². The van der Waals surface area contributed by atoms with Gasteiger partial charge in [0.1, 0.15) is 5.58 Å². The van der Waals surface area contributed by atoms with Crippen LogP contribution in [-0.4, -0.2) is 11.5 Å². The fraction of sp³-hybridized carbons (Fsp3) is 0.467. The molecule has 1 heterocycles. The highest BCUT2D eigenvalue weighted by atomic mass is 19.3. The minimum absolute atomic E-state index is 0.105. The number of fused-ring (bicyclic) bond motifs is 1. The van der Waals surface area contributed by atoms with Crippen molar-refractivity contribution in [1.82, 2.24) is 0 Å². The molecule has 1 aromatic carbocycles. The summed E-state index contributed by atoms with van der Waals surface area (Å²) in [5, 5.41) is 1.05. The first-order chi connectivity index (χ1) is 8.96. The summed E-state index contributed by atoms with van der Waals surface area (Å²) in [4.78, 5) is 0. The van der Waals surface area contributed by atoms with Gasteiger partial charge in [0.15, 0.2) is 0 Å². The van der Waals surface area contributed by atoms with Crippen LogP contribution in [0.25, 0.3) is 11.0 Å². The molecular formula is C15H17F2NO. The molecule has 0 aliphatic heterocycles. The Hall–Kier alpha value is -1.42. The van der Waals surface area contributed by atoms with Crippen molar-refractivity contribution in [3.8, 4) is 0 Å². The van der Waals surface area contributed by atoms with Crippen LogP contribution < -0.4 is 5.73 Å². The van der Waals surface area contributed by atoms with E-state index in [0.29, 0.717) is 19.3 Å². The van der Waals surface area contributed by atoms with E-state index in [1.807, 2.05) is 24.3 Å². The third-order valence-corrected chi connectivity index (χ3v) is 4.05. The molecule has 0 spiro atoms. The molecule has 0 unspecified atom stereocenters. The molecule has 2 aromatic rings. The fourth-order valence-corrected chi connectivity index (χ4v) is 2.81. The maximum atomic E-state index is 13.2. The van der Waals surface area contributed by atoms with Gasteiger partial charge in [-0.25, -0.2) is 8.78 Å². The average Bonchev–Trinajstić information content (AvgIpc) is 2.81. The van der Waals surface area contributed by atoms with Crippen LogP contribution in [0.1, 0.15) is 31.2 Å². The van der Waals surface area contributed by atoms with Crippen LogP contribution in [0.2, 0.25) is 0 Å². The smallest absolute Gasteiger partial charge is 0.248 e. The van der Waals surface area contributed by atoms with E-state index in [1.165, 1.54) is 0 Å². The molecule has 0 bridgehead atoms. The number of alkyl halides is 2. The molecule has 0 saturated heterocycles. The highest BCUT2D eigenvalue weighted by molar-refractivity contribution is 5.77. The van der Waals surface area contributed by atoms with E-state index >= 15 is 0 Å². The summed E-state index contributed by atoms with van der Waals surface area (Å²) in [7, 11) is 0. The van der Waals surface area contributed by atoms with Crippen LogP contribution in [0.3, 0.4) is 0 Å². The van der Waals surface area contributed by atoms with E-state index in [9.17, 15) is 8.78 Å². The zero-order valence-corrected chi connectivity index (χ0v) is 10.7. The van der Waals surface area contributed by atoms with Crippen LogP contribution in [0.5, 0.6) is 0 Å². The lowest BCUT2D eigenvalue weighted by Crippen LogP contribution is -2.47. The molecule has 0 radical (unpaired) electrons. The number of furan rings is 1. The van der Waals surface area contributed by atoms with Crippen molar-refractivity contribution >= 4 is 11.0 Å². The molecule has 19 heavy (non-hydrogen) atoms. The second-order valence-electron chi connectivity index (χ2n) is 5.69. The van der Waals surface area contributed by atoms with Crippen LogP contribution in [0, 0.1) is 0 Å². The summed E-state index contributed by atoms with van der Waals surface area (Å²) in [6, 6.07) is 7.84. The third-order valence-electron chi connectivity index (χ3n) is 4.05. The van der Waals surface area contributed by atoms with Crippen molar-refractivity contribution in [2.45, 2.75) is 43.6 Å². The molecule has 1 aliphatic rings. The van der Waals surface area contributed by atoms with Crippen molar-refractivity contribution < 1.29 is 13.2 Å². The summed E-state index contributed by atoms with van der Waals surface area (Å²) in [6.45, 7) is 0. The standard InChI is InChI=1S/C15H17F2NO/c16-15(17)6-4-14(18,5-7-15)10-11-1-2-12-3-8-19-13(12)9-11/h1-3,8-9H,4-7,10,18H2. The quantitative estimate of drug-likeness (QED) is 0.895. The third kappa shape index (κ3) is 2.63. The summed E-state index contributed by atoms with van der Waals surface area (Å²) in [5.41, 5.74) is 7.63. The Balaban J connectivity index is 1.77. The Morgan fingerprint density at radius 3 is 2.58 bits per heavy atom. The molecular weight excluding hydrogens is 248 g/mol. The largest absolute Gasteiger partial charge is 0.464 e. The van der Waals surface area contributed by atoms with Gasteiger partial charge in [0.05, 0.1) is 6.26 Å². The predicted molar refractivity (Wildman–Crippen MR) is 70.3 cm³/mol. The first kappa shape index (κ1) is 12.6. The fourth-order valence-electron chi connectivity index (χ4n) is 2.81. The first-order valence-corrected chi connectivity index (χ1v) is 6.59. The first-order valence-electron chi connectivity index (χ1n) is 6.59. The Bertz CT molecular complexity index is 581. The molecule has 0 amide bonds. The molecule has 1 saturated carbocycles. The van der Waals surface area contributed by atoms with Crippen molar-refractivity contribution in [2.75, 3.05) is 0 Å². The Labute approximate surface area is 110 Å². The number of rotatable bonds is 2. The molecule has 1 aliphatic carbocycles. The predicted octanol–water partition coefficient (Wildman–Crippen LogP) is 3.88. The van der Waals surface area contributed by atoms with Crippen molar-refractivity contribution in [1.29, 1.82) is 0 Å². The average molecular weight is 265 g/mol. The monoisotopic (exact) mass is 265 g/mol. The lowest BCUT2D eigenvalue weighted by Gasteiger charge is -2.37. The highest BCUT2D eigenvalue weighted by Gasteiger charge is 2.41. The van der Waals surface area contributed by atoms with Gasteiger partial charge in [-0.2, -0.15) is 0 Å². The van der Waals surface area contributed by atoms with Gasteiger partial charge in [0.2, 0.25) is 5.92 Å². The van der Waals surface area contributed by atoms with Crippen LogP contribution in [0.15, 0.2) is 34.9 Å². The lowest BCUT2D eigenvalue weighted by atomic mass is 9.77. The van der Waals surface area contributed by atoms with Gasteiger partial charge >= 0.3 is 0 Å². The molecule has 4 heteroatoms. The van der Waals surface area contributed by atoms with Gasteiger partial charge in [0, 0.05) is 23.8 Å². The van der Waals surface area contributed by atoms with Crippen molar-refractivity contribution in [3.05, 3.63) is 36.1 Å². The maximum absolute atomic E-state index is 13.2. The van der Waals surface area contributed by atoms with Gasteiger partial charge in [-0.3, -0.25) is 0 Å². The van der Waals surface area contributed by atoms with Gasteiger partial charge in [-0.05, 0) is 37.0 Å². The zero-order valence-electron chi connectivity index (χ0n) is 10.7. The van der Waals surface area contributed by atoms with E-state index in [2.05, 4.69) is 0 Å². The molecule has 3 rings (SSSR count). The lowest BCUT2D eigenvalue weighted by molar-refractivity contribution is -0.0505. The second-order valence-corrected chi connectivity index (χ2v) is 5.69. The molecule has 2 N–H and O–H groups in total. The van der Waals surface area contributed by atoms with E-state index in [0.717, 1.165) is 16.5 Å². The maximum Gasteiger partial charge on any atom is 0.248 e. The number of halogens is 2. The van der Waals surface area contributed by atoms with Gasteiger partial charge in [0.25, 0.3) is 0 Å². The minimum atomic E-state index is -2.53. The molecule has 2 nitrogen and oxygen atoms in total. The van der Waals surface area contributed by atoms with Crippen LogP contribution in [-0.2, 0) is 6.42 Å². The molecule has 0 atom stereocenters. The highest BCUT2D eigenvalue weighted by Crippen LogP contribution is 2.38. The molecule has 1 aromatic heterocycles. The van der Waals surface area contributed by atoms with E-state index in [-0.39, 0.29) is 12.8 Å². The van der Waals surface area contributed by atoms with Gasteiger partial charge in [-0.1, -0.05) is 12.1 Å². The van der Waals surface area contributed by atoms with Crippen molar-refractivity contribution in [3.63, 3.8) is 0 Å². The number of hydrogen-bond acceptors (Lipinski definition) is 2. The Kier molecular flexibility index (Phi) is 2.86. The van der Waals surface area contributed by atoms with Gasteiger partial charge < -0.3 is 10.2 Å². The van der Waals surface area contributed by atoms with E-state index in [1.54, 1.807) is 6.26 Å². The Morgan fingerprint density at radius 2 is 1.84 bits per heavy atom. The second kappa shape index (κ2) is 4.30. The normalized spacial score (nSPS) is 21.6. The minimum Gasteiger partial charge on any atom is -0.464 e. The Morgan fingerprint density at radius 1 is 1.11 bits per heavy atom. The summed E-state index contributed by atoms with van der Waals surface area (Å²) >= 11 is 0. The van der Waals surface area contributed by atoms with Crippen LogP contribution in [0.4, 0.5) is 8.78 Å². The van der Waals surface area contributed by atoms with E-state index in [4.69, 9.17) is 10.2 Å².